The Morgan fingerprint density at radius 3 is 2.31 bits per heavy atom. The maximum Gasteiger partial charge on any atom is 1.00 e. The van der Waals surface area contributed by atoms with Crippen LogP contribution in [0.5, 0.6) is 5.75 Å². The van der Waals surface area contributed by atoms with Crippen molar-refractivity contribution in [2.24, 2.45) is 0 Å². The maximum atomic E-state index is 12.2. The third kappa shape index (κ3) is 8.86. The number of carboxylic acid groups (broad SMARTS) is 1. The number of carboxylic acids is 1. The second-order valence-electron chi connectivity index (χ2n) is 10.3. The van der Waals surface area contributed by atoms with Gasteiger partial charge in [-0.1, -0.05) is 30.4 Å². The summed E-state index contributed by atoms with van der Waals surface area (Å²) in [6, 6.07) is 14.8. The molecule has 200 valence electrons. The van der Waals surface area contributed by atoms with Crippen LogP contribution in [0.15, 0.2) is 54.7 Å². The minimum absolute atomic E-state index is 0. The Hall–Kier alpha value is -3.31. The average Bonchev–Trinajstić information content (AvgIpc) is 2.89. The van der Waals surface area contributed by atoms with Crippen LogP contribution in [0.3, 0.4) is 0 Å². The van der Waals surface area contributed by atoms with E-state index in [1.165, 1.54) is 12.3 Å². The number of aromatic nitrogens is 1. The van der Waals surface area contributed by atoms with Crippen molar-refractivity contribution < 1.29 is 43.0 Å². The van der Waals surface area contributed by atoms with Gasteiger partial charge < -0.3 is 24.3 Å². The van der Waals surface area contributed by atoms with Crippen molar-refractivity contribution >= 4 is 35.1 Å². The quantitative estimate of drug-likeness (QED) is 0.248. The van der Waals surface area contributed by atoms with Crippen LogP contribution in [-0.2, 0) is 4.74 Å². The zero-order valence-electron chi connectivity index (χ0n) is 23.2. The van der Waals surface area contributed by atoms with Gasteiger partial charge in [0.2, 0.25) is 0 Å². The van der Waals surface area contributed by atoms with Crippen LogP contribution in [-0.4, -0.2) is 71.8 Å². The molecule has 4 rings (SSSR count). The molecule has 1 aromatic heterocycles. The van der Waals surface area contributed by atoms with Crippen LogP contribution in [0.25, 0.3) is 23.1 Å². The molecule has 1 aliphatic rings. The van der Waals surface area contributed by atoms with E-state index in [-0.39, 0.29) is 30.5 Å². The molecule has 0 saturated carbocycles. The number of rotatable bonds is 8. The fourth-order valence-corrected chi connectivity index (χ4v) is 4.27. The topological polar surface area (TPSA) is 95.0 Å². The van der Waals surface area contributed by atoms with Crippen LogP contribution in [0.4, 0.5) is 4.79 Å². The Balaban J connectivity index is 0.00000420. The van der Waals surface area contributed by atoms with Crippen molar-refractivity contribution in [1.29, 1.82) is 0 Å². The minimum Gasteiger partial charge on any atom is -0.545 e. The first-order chi connectivity index (χ1) is 18.2. The molecule has 1 amide bonds. The van der Waals surface area contributed by atoms with Crippen LogP contribution in [0.1, 0.15) is 48.7 Å². The van der Waals surface area contributed by atoms with Gasteiger partial charge in [0.15, 0.2) is 0 Å². The molecule has 0 unspecified atom stereocenters. The van der Waals surface area contributed by atoms with E-state index in [1.54, 1.807) is 17.0 Å². The van der Waals surface area contributed by atoms with Crippen LogP contribution in [0.2, 0.25) is 0 Å². The summed E-state index contributed by atoms with van der Waals surface area (Å²) in [5.74, 6) is -0.401. The van der Waals surface area contributed by atoms with E-state index in [0.29, 0.717) is 30.6 Å². The van der Waals surface area contributed by atoms with E-state index in [2.05, 4.69) is 9.88 Å². The molecule has 2 heterocycles. The SMILES string of the molecule is CC(C)(C)OC(=O)N1CCN(CCCOc2ccc(/C=C/c3ccc4nccc(C(=O)[O-])c4c3)cc2)CC1.[Li+]. The molecule has 0 aliphatic carbocycles. The zero-order valence-corrected chi connectivity index (χ0v) is 23.2. The summed E-state index contributed by atoms with van der Waals surface area (Å²) in [7, 11) is 0. The van der Waals surface area contributed by atoms with Crippen molar-refractivity contribution in [2.75, 3.05) is 39.3 Å². The van der Waals surface area contributed by atoms with Gasteiger partial charge in [-0.2, -0.15) is 0 Å². The third-order valence-corrected chi connectivity index (χ3v) is 6.25. The predicted octanol–water partition coefficient (Wildman–Crippen LogP) is 1.09. The van der Waals surface area contributed by atoms with Gasteiger partial charge in [0.25, 0.3) is 0 Å². The number of hydrogen-bond donors (Lipinski definition) is 0. The molecule has 8 nitrogen and oxygen atoms in total. The fourth-order valence-electron chi connectivity index (χ4n) is 4.27. The largest absolute Gasteiger partial charge is 1.00 e. The summed E-state index contributed by atoms with van der Waals surface area (Å²) in [4.78, 5) is 31.9. The van der Waals surface area contributed by atoms with Gasteiger partial charge in [-0.3, -0.25) is 9.88 Å². The number of carbonyl (C=O) groups is 2. The summed E-state index contributed by atoms with van der Waals surface area (Å²) >= 11 is 0. The Kier molecular flexibility index (Phi) is 10.6. The predicted molar refractivity (Wildman–Crippen MR) is 146 cm³/mol. The molecule has 1 aliphatic heterocycles. The first-order valence-electron chi connectivity index (χ1n) is 12.9. The Bertz CT molecular complexity index is 1300. The summed E-state index contributed by atoms with van der Waals surface area (Å²) < 4.78 is 11.4. The number of nitrogens with zero attached hydrogens (tertiary/aromatic N) is 3. The fraction of sp³-hybridized carbons (Fsp3) is 0.367. The van der Waals surface area contributed by atoms with Crippen molar-refractivity contribution in [3.63, 3.8) is 0 Å². The van der Waals surface area contributed by atoms with E-state index in [0.717, 1.165) is 42.9 Å². The summed E-state index contributed by atoms with van der Waals surface area (Å²) in [5, 5.41) is 12.0. The number of pyridine rings is 1. The third-order valence-electron chi connectivity index (χ3n) is 6.25. The van der Waals surface area contributed by atoms with Crippen LogP contribution < -0.4 is 28.7 Å². The number of amides is 1. The number of piperazine rings is 1. The summed E-state index contributed by atoms with van der Waals surface area (Å²) in [5.41, 5.74) is 2.16. The number of benzene rings is 2. The molecule has 0 bridgehead atoms. The van der Waals surface area contributed by atoms with E-state index in [9.17, 15) is 14.7 Å². The minimum atomic E-state index is -1.21. The van der Waals surface area contributed by atoms with Gasteiger partial charge >= 0.3 is 25.0 Å². The second kappa shape index (κ2) is 13.7. The molecular weight excluding hydrogens is 489 g/mol. The number of carbonyl (C=O) groups excluding carboxylic acids is 2. The van der Waals surface area contributed by atoms with Crippen molar-refractivity contribution in [3.05, 3.63) is 71.4 Å². The molecule has 39 heavy (non-hydrogen) atoms. The summed E-state index contributed by atoms with van der Waals surface area (Å²) in [6.07, 6.45) is 6.04. The van der Waals surface area contributed by atoms with E-state index < -0.39 is 11.6 Å². The van der Waals surface area contributed by atoms with Gasteiger partial charge in [0.05, 0.1) is 18.1 Å². The molecule has 2 aromatic carbocycles. The Labute approximate surface area is 241 Å². The van der Waals surface area contributed by atoms with Crippen LogP contribution >= 0.6 is 0 Å². The van der Waals surface area contributed by atoms with Gasteiger partial charge in [-0.15, -0.1) is 0 Å². The number of fused-ring (bicyclic) bond motifs is 1. The van der Waals surface area contributed by atoms with Crippen molar-refractivity contribution in [3.8, 4) is 5.75 Å². The van der Waals surface area contributed by atoms with E-state index in [1.807, 2.05) is 63.3 Å². The Morgan fingerprint density at radius 2 is 1.64 bits per heavy atom. The second-order valence-corrected chi connectivity index (χ2v) is 10.3. The van der Waals surface area contributed by atoms with Crippen molar-refractivity contribution in [2.45, 2.75) is 32.8 Å². The monoisotopic (exact) mass is 523 g/mol. The molecule has 0 spiro atoms. The molecular formula is C30H34LiN3O5. The average molecular weight is 524 g/mol. The normalized spacial score (nSPS) is 14.3. The zero-order chi connectivity index (χ0) is 27.1. The molecule has 1 fully saturated rings. The molecule has 9 heteroatoms. The summed E-state index contributed by atoms with van der Waals surface area (Å²) in [6.45, 7) is 10.2. The number of hydrogen-bond acceptors (Lipinski definition) is 7. The Morgan fingerprint density at radius 1 is 0.974 bits per heavy atom. The number of ether oxygens (including phenoxy) is 2. The van der Waals surface area contributed by atoms with Gasteiger partial charge in [-0.25, -0.2) is 4.79 Å². The van der Waals surface area contributed by atoms with Crippen molar-refractivity contribution in [1.82, 2.24) is 14.8 Å². The van der Waals surface area contributed by atoms with E-state index >= 15 is 0 Å². The molecule has 3 aromatic rings. The van der Waals surface area contributed by atoms with Gasteiger partial charge in [0.1, 0.15) is 11.4 Å². The maximum absolute atomic E-state index is 12.2. The van der Waals surface area contributed by atoms with E-state index in [4.69, 9.17) is 9.47 Å². The number of aromatic carboxylic acids is 1. The van der Waals surface area contributed by atoms with Gasteiger partial charge in [-0.05, 0) is 68.7 Å². The molecule has 0 atom stereocenters. The first kappa shape index (κ1) is 30.2. The first-order valence-corrected chi connectivity index (χ1v) is 12.9. The van der Waals surface area contributed by atoms with Gasteiger partial charge in [0, 0.05) is 49.9 Å². The molecule has 0 radical (unpaired) electrons. The molecule has 0 N–H and O–H groups in total. The van der Waals surface area contributed by atoms with Crippen LogP contribution in [0, 0.1) is 0 Å². The smallest absolute Gasteiger partial charge is 0.545 e. The molecule has 1 saturated heterocycles. The standard InChI is InChI=1S/C30H35N3O5.Li/c1-30(2,3)38-29(36)33-18-16-32(17-19-33)15-4-20-37-24-10-7-22(8-11-24)5-6-23-9-12-27-26(21-23)25(28(34)35)13-14-31-27;/h5-14,21H,4,15-20H2,1-3H3,(H,34,35);/q;+1/p-1/b6-5+;.